The van der Waals surface area contributed by atoms with Gasteiger partial charge in [0.2, 0.25) is 5.91 Å². The van der Waals surface area contributed by atoms with Gasteiger partial charge in [0.25, 0.3) is 5.91 Å². The maximum absolute atomic E-state index is 12.0. The van der Waals surface area contributed by atoms with Crippen LogP contribution in [0.4, 0.5) is 0 Å². The summed E-state index contributed by atoms with van der Waals surface area (Å²) in [6, 6.07) is 7.45. The Morgan fingerprint density at radius 3 is 2.68 bits per heavy atom. The fourth-order valence-electron chi connectivity index (χ4n) is 1.78. The van der Waals surface area contributed by atoms with Gasteiger partial charge < -0.3 is 16.4 Å². The highest BCUT2D eigenvalue weighted by molar-refractivity contribution is 5.94. The molecule has 1 unspecified atom stereocenters. The van der Waals surface area contributed by atoms with Gasteiger partial charge in [-0.25, -0.2) is 0 Å². The van der Waals surface area contributed by atoms with Crippen LogP contribution in [-0.2, 0) is 11.3 Å². The number of amides is 2. The molecule has 6 heteroatoms. The van der Waals surface area contributed by atoms with Crippen LogP contribution < -0.4 is 16.4 Å². The fourth-order valence-corrected chi connectivity index (χ4v) is 1.78. The van der Waals surface area contributed by atoms with Crippen molar-refractivity contribution in [2.75, 3.05) is 6.54 Å². The van der Waals surface area contributed by atoms with Crippen LogP contribution in [-0.4, -0.2) is 24.4 Å². The van der Waals surface area contributed by atoms with Crippen molar-refractivity contribution in [1.29, 1.82) is 0 Å². The van der Waals surface area contributed by atoms with E-state index in [-0.39, 0.29) is 30.3 Å². The van der Waals surface area contributed by atoms with Crippen molar-refractivity contribution >= 4 is 24.2 Å². The highest BCUT2D eigenvalue weighted by Gasteiger charge is 2.09. The van der Waals surface area contributed by atoms with E-state index in [9.17, 15) is 9.59 Å². The summed E-state index contributed by atoms with van der Waals surface area (Å²) in [5, 5.41) is 5.75. The monoisotopic (exact) mass is 327 g/mol. The molecule has 4 N–H and O–H groups in total. The van der Waals surface area contributed by atoms with Gasteiger partial charge in [0.05, 0.1) is 0 Å². The van der Waals surface area contributed by atoms with Crippen LogP contribution in [0.5, 0.6) is 0 Å². The molecule has 5 nitrogen and oxygen atoms in total. The standard InChI is InChI=1S/C16H25N3O2.ClH/c1-3-12(2)19-16(21)14-7-4-6-13(10-14)11-18-15(20)8-5-9-17;/h4,6-7,10,12H,3,5,8-9,11,17H2,1-2H3,(H,18,20)(H,19,21);1H. The molecule has 0 fully saturated rings. The zero-order valence-electron chi connectivity index (χ0n) is 13.2. The predicted octanol–water partition coefficient (Wildman–Crippen LogP) is 1.99. The second kappa shape index (κ2) is 11.0. The van der Waals surface area contributed by atoms with E-state index in [0.29, 0.717) is 31.5 Å². The minimum Gasteiger partial charge on any atom is -0.352 e. The third-order valence-electron chi connectivity index (χ3n) is 3.28. The molecule has 0 bridgehead atoms. The summed E-state index contributed by atoms with van der Waals surface area (Å²) in [6.07, 6.45) is 2.01. The van der Waals surface area contributed by atoms with Gasteiger partial charge in [0, 0.05) is 24.6 Å². The summed E-state index contributed by atoms with van der Waals surface area (Å²) in [5.41, 5.74) is 6.89. The number of benzene rings is 1. The van der Waals surface area contributed by atoms with Crippen LogP contribution in [0.25, 0.3) is 0 Å². The third kappa shape index (κ3) is 7.43. The predicted molar refractivity (Wildman–Crippen MR) is 91.0 cm³/mol. The number of rotatable bonds is 8. The lowest BCUT2D eigenvalue weighted by Gasteiger charge is -2.12. The molecule has 22 heavy (non-hydrogen) atoms. The first kappa shape index (κ1) is 20.4. The van der Waals surface area contributed by atoms with Crippen molar-refractivity contribution < 1.29 is 9.59 Å². The average molecular weight is 328 g/mol. The minimum absolute atomic E-state index is 0. The van der Waals surface area contributed by atoms with Gasteiger partial charge >= 0.3 is 0 Å². The molecule has 1 rings (SSSR count). The molecule has 124 valence electrons. The van der Waals surface area contributed by atoms with E-state index in [1.807, 2.05) is 26.0 Å². The van der Waals surface area contributed by atoms with E-state index in [0.717, 1.165) is 12.0 Å². The van der Waals surface area contributed by atoms with E-state index >= 15 is 0 Å². The van der Waals surface area contributed by atoms with Crippen LogP contribution in [0.3, 0.4) is 0 Å². The van der Waals surface area contributed by atoms with E-state index < -0.39 is 0 Å². The smallest absolute Gasteiger partial charge is 0.251 e. The molecule has 0 aliphatic heterocycles. The molecule has 1 atom stereocenters. The van der Waals surface area contributed by atoms with Gasteiger partial charge in [0.1, 0.15) is 0 Å². The van der Waals surface area contributed by atoms with Crippen molar-refractivity contribution in [3.05, 3.63) is 35.4 Å². The second-order valence-electron chi connectivity index (χ2n) is 5.15. The largest absolute Gasteiger partial charge is 0.352 e. The van der Waals surface area contributed by atoms with Crippen LogP contribution in [0, 0.1) is 0 Å². The van der Waals surface area contributed by atoms with Crippen LogP contribution in [0.15, 0.2) is 24.3 Å². The van der Waals surface area contributed by atoms with E-state index in [2.05, 4.69) is 10.6 Å². The molecular formula is C16H26ClN3O2. The molecule has 0 aromatic heterocycles. The van der Waals surface area contributed by atoms with Crippen molar-refractivity contribution in [2.45, 2.75) is 45.7 Å². The molecule has 1 aromatic carbocycles. The van der Waals surface area contributed by atoms with Crippen molar-refractivity contribution in [1.82, 2.24) is 10.6 Å². The Bertz CT molecular complexity index is 480. The lowest BCUT2D eigenvalue weighted by Crippen LogP contribution is -2.32. The fraction of sp³-hybridized carbons (Fsp3) is 0.500. The SMILES string of the molecule is CCC(C)NC(=O)c1cccc(CNC(=O)CCCN)c1.Cl. The average Bonchev–Trinajstić information content (AvgIpc) is 2.50. The molecule has 0 heterocycles. The molecule has 0 saturated heterocycles. The third-order valence-corrected chi connectivity index (χ3v) is 3.28. The first-order chi connectivity index (χ1) is 10.1. The highest BCUT2D eigenvalue weighted by Crippen LogP contribution is 2.06. The molecule has 0 spiro atoms. The highest BCUT2D eigenvalue weighted by atomic mass is 35.5. The molecule has 0 saturated carbocycles. The number of hydrogen-bond acceptors (Lipinski definition) is 3. The maximum atomic E-state index is 12.0. The second-order valence-corrected chi connectivity index (χ2v) is 5.15. The van der Waals surface area contributed by atoms with Gasteiger partial charge in [-0.3, -0.25) is 9.59 Å². The summed E-state index contributed by atoms with van der Waals surface area (Å²) in [7, 11) is 0. The Hall–Kier alpha value is -1.59. The van der Waals surface area contributed by atoms with Crippen molar-refractivity contribution in [2.24, 2.45) is 5.73 Å². The molecule has 0 aliphatic carbocycles. The van der Waals surface area contributed by atoms with Gasteiger partial charge in [-0.05, 0) is 44.0 Å². The molecule has 2 amide bonds. The number of carbonyl (C=O) groups excluding carboxylic acids is 2. The molecule has 0 radical (unpaired) electrons. The number of carbonyl (C=O) groups is 2. The number of hydrogen-bond donors (Lipinski definition) is 3. The molecule has 1 aromatic rings. The van der Waals surface area contributed by atoms with Crippen LogP contribution in [0.2, 0.25) is 0 Å². The zero-order chi connectivity index (χ0) is 15.7. The normalized spacial score (nSPS) is 11.2. The van der Waals surface area contributed by atoms with Gasteiger partial charge in [-0.1, -0.05) is 19.1 Å². The van der Waals surface area contributed by atoms with Crippen LogP contribution in [0.1, 0.15) is 49.0 Å². The summed E-state index contributed by atoms with van der Waals surface area (Å²) in [4.78, 5) is 23.6. The lowest BCUT2D eigenvalue weighted by molar-refractivity contribution is -0.121. The van der Waals surface area contributed by atoms with E-state index in [4.69, 9.17) is 5.73 Å². The van der Waals surface area contributed by atoms with Gasteiger partial charge in [-0.15, -0.1) is 12.4 Å². The van der Waals surface area contributed by atoms with E-state index in [1.165, 1.54) is 0 Å². The molecular weight excluding hydrogens is 302 g/mol. The van der Waals surface area contributed by atoms with Crippen molar-refractivity contribution in [3.8, 4) is 0 Å². The molecule has 0 aliphatic rings. The number of halogens is 1. The Morgan fingerprint density at radius 2 is 2.05 bits per heavy atom. The Balaban J connectivity index is 0.00000441. The first-order valence-corrected chi connectivity index (χ1v) is 7.43. The van der Waals surface area contributed by atoms with Crippen LogP contribution >= 0.6 is 12.4 Å². The number of nitrogens with two attached hydrogens (primary N) is 1. The lowest BCUT2D eigenvalue weighted by atomic mass is 10.1. The zero-order valence-corrected chi connectivity index (χ0v) is 14.0. The minimum atomic E-state index is -0.0827. The Kier molecular flexibility index (Phi) is 10.2. The Morgan fingerprint density at radius 1 is 1.32 bits per heavy atom. The topological polar surface area (TPSA) is 84.2 Å². The quantitative estimate of drug-likeness (QED) is 0.682. The van der Waals surface area contributed by atoms with Gasteiger partial charge in [-0.2, -0.15) is 0 Å². The first-order valence-electron chi connectivity index (χ1n) is 7.43. The maximum Gasteiger partial charge on any atom is 0.251 e. The number of nitrogens with one attached hydrogen (secondary N) is 2. The summed E-state index contributed by atoms with van der Waals surface area (Å²) < 4.78 is 0. The summed E-state index contributed by atoms with van der Waals surface area (Å²) in [5.74, 6) is -0.101. The van der Waals surface area contributed by atoms with Crippen molar-refractivity contribution in [3.63, 3.8) is 0 Å². The van der Waals surface area contributed by atoms with E-state index in [1.54, 1.807) is 12.1 Å². The van der Waals surface area contributed by atoms with Gasteiger partial charge in [0.15, 0.2) is 0 Å². The summed E-state index contributed by atoms with van der Waals surface area (Å²) in [6.45, 7) is 4.93. The summed E-state index contributed by atoms with van der Waals surface area (Å²) >= 11 is 0. The Labute approximate surface area is 138 Å².